The molecule has 0 amide bonds. The van der Waals surface area contributed by atoms with Gasteiger partial charge in [0.25, 0.3) is 0 Å². The van der Waals surface area contributed by atoms with E-state index in [-0.39, 0.29) is 0 Å². The Morgan fingerprint density at radius 1 is 1.18 bits per heavy atom. The highest BCUT2D eigenvalue weighted by atomic mass is 16.5. The Bertz CT molecular complexity index is 459. The van der Waals surface area contributed by atoms with Crippen molar-refractivity contribution in [1.82, 2.24) is 9.97 Å². The molecule has 17 heavy (non-hydrogen) atoms. The molecule has 0 fully saturated rings. The molecule has 0 radical (unpaired) electrons. The summed E-state index contributed by atoms with van der Waals surface area (Å²) in [5, 5.41) is 2.97. The van der Waals surface area contributed by atoms with Gasteiger partial charge in [0, 0.05) is 31.4 Å². The summed E-state index contributed by atoms with van der Waals surface area (Å²) in [6.45, 7) is 0.581. The average Bonchev–Trinajstić information content (AvgIpc) is 2.40. The van der Waals surface area contributed by atoms with E-state index in [1.165, 1.54) is 0 Å². The Kier molecular flexibility index (Phi) is 3.91. The van der Waals surface area contributed by atoms with Crippen molar-refractivity contribution < 1.29 is 4.74 Å². The van der Waals surface area contributed by atoms with Crippen molar-refractivity contribution in [1.29, 1.82) is 0 Å². The van der Waals surface area contributed by atoms with Crippen LogP contribution in [0.1, 0.15) is 5.69 Å². The van der Waals surface area contributed by atoms with Gasteiger partial charge in [-0.1, -0.05) is 12.1 Å². The maximum absolute atomic E-state index is 5.56. The maximum Gasteiger partial charge on any atom is 0.215 e. The van der Waals surface area contributed by atoms with Crippen LogP contribution in [0, 0.1) is 0 Å². The summed E-state index contributed by atoms with van der Waals surface area (Å²) in [6.07, 6.45) is 2.57. The number of nitrogens with zero attached hydrogens (tertiary/aromatic N) is 2. The number of hydrogen-bond donors (Lipinski definition) is 1. The summed E-state index contributed by atoms with van der Waals surface area (Å²) >= 11 is 0. The van der Waals surface area contributed by atoms with E-state index in [0.29, 0.717) is 12.5 Å². The predicted molar refractivity (Wildman–Crippen MR) is 67.2 cm³/mol. The molecule has 2 aromatic rings. The van der Waals surface area contributed by atoms with Gasteiger partial charge in [0.15, 0.2) is 0 Å². The minimum atomic E-state index is 0.581. The van der Waals surface area contributed by atoms with E-state index in [1.54, 1.807) is 6.20 Å². The zero-order valence-electron chi connectivity index (χ0n) is 9.76. The Labute approximate surface area is 101 Å². The van der Waals surface area contributed by atoms with E-state index in [9.17, 15) is 0 Å². The van der Waals surface area contributed by atoms with E-state index in [0.717, 1.165) is 17.9 Å². The maximum atomic E-state index is 5.56. The molecular formula is C13H15N3O. The molecule has 0 aliphatic carbocycles. The van der Waals surface area contributed by atoms with Gasteiger partial charge in [-0.25, -0.2) is 0 Å². The second kappa shape index (κ2) is 5.84. The Balaban J connectivity index is 1.86. The average molecular weight is 229 g/mol. The Morgan fingerprint density at radius 3 is 2.88 bits per heavy atom. The highest BCUT2D eigenvalue weighted by Gasteiger charge is 1.98. The molecule has 2 rings (SSSR count). The van der Waals surface area contributed by atoms with Gasteiger partial charge in [-0.05, 0) is 18.2 Å². The number of anilines is 1. The number of pyridine rings is 2. The van der Waals surface area contributed by atoms with Crippen LogP contribution in [0.2, 0.25) is 0 Å². The van der Waals surface area contributed by atoms with Crippen LogP contribution in [-0.2, 0) is 6.42 Å². The van der Waals surface area contributed by atoms with Crippen LogP contribution in [-0.4, -0.2) is 23.6 Å². The largest absolute Gasteiger partial charge is 0.477 e. The van der Waals surface area contributed by atoms with E-state index in [1.807, 2.05) is 43.4 Å². The first-order valence-corrected chi connectivity index (χ1v) is 5.56. The van der Waals surface area contributed by atoms with Gasteiger partial charge in [-0.2, -0.15) is 4.98 Å². The van der Waals surface area contributed by atoms with Crippen LogP contribution >= 0.6 is 0 Å². The van der Waals surface area contributed by atoms with Gasteiger partial charge >= 0.3 is 0 Å². The molecule has 0 saturated carbocycles. The minimum absolute atomic E-state index is 0.581. The first-order chi connectivity index (χ1) is 8.38. The summed E-state index contributed by atoms with van der Waals surface area (Å²) in [5.41, 5.74) is 1.03. The summed E-state index contributed by atoms with van der Waals surface area (Å²) in [6, 6.07) is 11.5. The second-order valence-corrected chi connectivity index (χ2v) is 3.53. The van der Waals surface area contributed by atoms with Gasteiger partial charge in [-0.15, -0.1) is 0 Å². The topological polar surface area (TPSA) is 47.0 Å². The summed E-state index contributed by atoms with van der Waals surface area (Å²) in [5.74, 6) is 1.44. The molecule has 0 unspecified atom stereocenters. The molecule has 0 aliphatic heterocycles. The zero-order valence-corrected chi connectivity index (χ0v) is 9.76. The minimum Gasteiger partial charge on any atom is -0.477 e. The van der Waals surface area contributed by atoms with Gasteiger partial charge in [0.2, 0.25) is 5.88 Å². The number of rotatable bonds is 5. The van der Waals surface area contributed by atoms with E-state index >= 15 is 0 Å². The molecule has 0 spiro atoms. The summed E-state index contributed by atoms with van der Waals surface area (Å²) in [7, 11) is 1.83. The third-order valence-corrected chi connectivity index (χ3v) is 2.31. The molecule has 2 heterocycles. The molecule has 0 aromatic carbocycles. The quantitative estimate of drug-likeness (QED) is 0.853. The van der Waals surface area contributed by atoms with Crippen molar-refractivity contribution in [3.05, 3.63) is 48.3 Å². The van der Waals surface area contributed by atoms with Crippen molar-refractivity contribution >= 4 is 5.82 Å². The Morgan fingerprint density at radius 2 is 2.12 bits per heavy atom. The fourth-order valence-electron chi connectivity index (χ4n) is 1.44. The van der Waals surface area contributed by atoms with Gasteiger partial charge in [-0.3, -0.25) is 4.98 Å². The highest BCUT2D eigenvalue weighted by Crippen LogP contribution is 2.10. The van der Waals surface area contributed by atoms with Crippen molar-refractivity contribution in [2.75, 3.05) is 19.0 Å². The first kappa shape index (κ1) is 11.4. The fourth-order valence-corrected chi connectivity index (χ4v) is 1.44. The molecule has 1 N–H and O–H groups in total. The number of hydrogen-bond acceptors (Lipinski definition) is 4. The molecule has 4 heteroatoms. The van der Waals surface area contributed by atoms with Crippen LogP contribution < -0.4 is 10.1 Å². The molecule has 0 bridgehead atoms. The second-order valence-electron chi connectivity index (χ2n) is 3.53. The molecule has 2 aromatic heterocycles. The van der Waals surface area contributed by atoms with Crippen LogP contribution in [0.5, 0.6) is 5.88 Å². The third-order valence-electron chi connectivity index (χ3n) is 2.31. The van der Waals surface area contributed by atoms with E-state index < -0.39 is 0 Å². The lowest BCUT2D eigenvalue weighted by Gasteiger charge is -2.06. The lowest BCUT2D eigenvalue weighted by Crippen LogP contribution is -2.04. The van der Waals surface area contributed by atoms with E-state index in [4.69, 9.17) is 4.74 Å². The van der Waals surface area contributed by atoms with E-state index in [2.05, 4.69) is 15.3 Å². The monoisotopic (exact) mass is 229 g/mol. The van der Waals surface area contributed by atoms with Crippen LogP contribution in [0.4, 0.5) is 5.82 Å². The van der Waals surface area contributed by atoms with Crippen LogP contribution in [0.25, 0.3) is 0 Å². The molecule has 0 saturated heterocycles. The Hall–Kier alpha value is -2.10. The number of nitrogens with one attached hydrogen (secondary N) is 1. The van der Waals surface area contributed by atoms with Gasteiger partial charge < -0.3 is 10.1 Å². The van der Waals surface area contributed by atoms with Crippen molar-refractivity contribution in [2.24, 2.45) is 0 Å². The van der Waals surface area contributed by atoms with Crippen molar-refractivity contribution in [3.8, 4) is 5.88 Å². The SMILES string of the molecule is CNc1cccc(OCCc2ccccn2)n1. The third kappa shape index (κ3) is 3.45. The molecule has 4 nitrogen and oxygen atoms in total. The highest BCUT2D eigenvalue weighted by molar-refractivity contribution is 5.35. The van der Waals surface area contributed by atoms with Crippen molar-refractivity contribution in [3.63, 3.8) is 0 Å². The summed E-state index contributed by atoms with van der Waals surface area (Å²) < 4.78 is 5.56. The van der Waals surface area contributed by atoms with Gasteiger partial charge in [0.1, 0.15) is 5.82 Å². The number of ether oxygens (including phenoxy) is 1. The lowest BCUT2D eigenvalue weighted by atomic mass is 10.3. The molecular weight excluding hydrogens is 214 g/mol. The molecule has 0 aliphatic rings. The van der Waals surface area contributed by atoms with Crippen molar-refractivity contribution in [2.45, 2.75) is 6.42 Å². The van der Waals surface area contributed by atoms with Gasteiger partial charge in [0.05, 0.1) is 6.61 Å². The zero-order chi connectivity index (χ0) is 11.9. The normalized spacial score (nSPS) is 9.94. The molecule has 88 valence electrons. The van der Waals surface area contributed by atoms with Crippen LogP contribution in [0.3, 0.4) is 0 Å². The number of aromatic nitrogens is 2. The standard InChI is InChI=1S/C13H15N3O/c1-14-12-6-4-7-13(16-12)17-10-8-11-5-2-3-9-15-11/h2-7,9H,8,10H2,1H3,(H,14,16). The smallest absolute Gasteiger partial charge is 0.215 e. The predicted octanol–water partition coefficient (Wildman–Crippen LogP) is 2.14. The van der Waals surface area contributed by atoms with Crippen LogP contribution in [0.15, 0.2) is 42.6 Å². The lowest BCUT2D eigenvalue weighted by molar-refractivity contribution is 0.308. The fraction of sp³-hybridized carbons (Fsp3) is 0.231. The first-order valence-electron chi connectivity index (χ1n) is 5.56. The summed E-state index contributed by atoms with van der Waals surface area (Å²) in [4.78, 5) is 8.50. The molecule has 0 atom stereocenters.